The third-order valence-corrected chi connectivity index (χ3v) is 1.60. The van der Waals surface area contributed by atoms with Crippen LogP contribution in [-0.4, -0.2) is 17.0 Å². The second-order valence-corrected chi connectivity index (χ2v) is 2.44. The predicted octanol–water partition coefficient (Wildman–Crippen LogP) is 0.0659. The first-order chi connectivity index (χ1) is 6.04. The van der Waals surface area contributed by atoms with Crippen molar-refractivity contribution in [3.8, 4) is 0 Å². The lowest BCUT2D eigenvalue weighted by Gasteiger charge is -2.03. The number of hydrogen-bond acceptors (Lipinski definition) is 3. The van der Waals surface area contributed by atoms with Gasteiger partial charge in [0.1, 0.15) is 0 Å². The first-order valence-electron chi connectivity index (χ1n) is 3.45. The van der Waals surface area contributed by atoms with Crippen LogP contribution in [0.3, 0.4) is 0 Å². The van der Waals surface area contributed by atoms with Crippen molar-refractivity contribution in [2.75, 3.05) is 5.73 Å². The van der Waals surface area contributed by atoms with E-state index in [0.717, 1.165) is 0 Å². The highest BCUT2D eigenvalue weighted by atomic mass is 16.4. The zero-order valence-electron chi connectivity index (χ0n) is 6.65. The number of nitrogens with two attached hydrogens (primary N) is 2. The summed E-state index contributed by atoms with van der Waals surface area (Å²) in [6.45, 7) is 0. The average Bonchev–Trinajstić information content (AvgIpc) is 2.03. The van der Waals surface area contributed by atoms with Crippen LogP contribution in [0.4, 0.5) is 5.69 Å². The van der Waals surface area contributed by atoms with Crippen LogP contribution in [0, 0.1) is 0 Å². The Morgan fingerprint density at radius 3 is 2.23 bits per heavy atom. The number of carboxylic acids is 1. The lowest BCUT2D eigenvalue weighted by Crippen LogP contribution is -2.15. The molecule has 0 aliphatic heterocycles. The molecule has 0 spiro atoms. The molecule has 5 heteroatoms. The van der Waals surface area contributed by atoms with Crippen LogP contribution in [-0.2, 0) is 0 Å². The fraction of sp³-hybridized carbons (Fsp3) is 0. The Hall–Kier alpha value is -2.04. The van der Waals surface area contributed by atoms with E-state index in [1.165, 1.54) is 18.2 Å². The molecule has 0 saturated heterocycles. The number of carbonyl (C=O) groups excluding carboxylic acids is 1. The summed E-state index contributed by atoms with van der Waals surface area (Å²) in [6.07, 6.45) is 0. The lowest BCUT2D eigenvalue weighted by molar-refractivity contribution is 0.0698. The van der Waals surface area contributed by atoms with Gasteiger partial charge in [0.2, 0.25) is 0 Å². The van der Waals surface area contributed by atoms with Crippen LogP contribution in [0.5, 0.6) is 0 Å². The van der Waals surface area contributed by atoms with E-state index in [2.05, 4.69) is 0 Å². The summed E-state index contributed by atoms with van der Waals surface area (Å²) in [4.78, 5) is 21.3. The Morgan fingerprint density at radius 1 is 1.23 bits per heavy atom. The fourth-order valence-electron chi connectivity index (χ4n) is 0.967. The first-order valence-corrected chi connectivity index (χ1v) is 3.45. The van der Waals surface area contributed by atoms with Gasteiger partial charge in [-0.1, -0.05) is 6.07 Å². The number of amides is 1. The molecule has 0 bridgehead atoms. The standard InChI is InChI=1S/C8H8N2O3/c9-6-4(7(10)11)2-1-3-5(6)8(12)13/h1-3H,9H2,(H2,10,11)(H,12,13). The Morgan fingerprint density at radius 2 is 1.77 bits per heavy atom. The highest BCUT2D eigenvalue weighted by molar-refractivity contribution is 6.04. The van der Waals surface area contributed by atoms with Gasteiger partial charge in [-0.15, -0.1) is 0 Å². The Balaban J connectivity index is 3.35. The van der Waals surface area contributed by atoms with Crippen LogP contribution in [0.15, 0.2) is 18.2 Å². The van der Waals surface area contributed by atoms with Crippen LogP contribution < -0.4 is 11.5 Å². The lowest BCUT2D eigenvalue weighted by atomic mass is 10.1. The van der Waals surface area contributed by atoms with E-state index in [1.807, 2.05) is 0 Å². The molecular weight excluding hydrogens is 172 g/mol. The molecule has 5 N–H and O–H groups in total. The van der Waals surface area contributed by atoms with E-state index in [9.17, 15) is 9.59 Å². The topological polar surface area (TPSA) is 106 Å². The zero-order chi connectivity index (χ0) is 10.0. The van der Waals surface area contributed by atoms with Gasteiger partial charge in [-0.05, 0) is 12.1 Å². The first kappa shape index (κ1) is 9.05. The summed E-state index contributed by atoms with van der Waals surface area (Å²) in [7, 11) is 0. The number of benzene rings is 1. The Kier molecular flexibility index (Phi) is 2.19. The number of rotatable bonds is 2. The number of anilines is 1. The Labute approximate surface area is 74.0 Å². The van der Waals surface area contributed by atoms with Crippen molar-refractivity contribution >= 4 is 17.6 Å². The maximum Gasteiger partial charge on any atom is 0.337 e. The summed E-state index contributed by atoms with van der Waals surface area (Å²) in [5.41, 5.74) is 10.2. The van der Waals surface area contributed by atoms with Gasteiger partial charge in [-0.2, -0.15) is 0 Å². The molecule has 0 unspecified atom stereocenters. The molecule has 68 valence electrons. The zero-order valence-corrected chi connectivity index (χ0v) is 6.65. The molecule has 5 nitrogen and oxygen atoms in total. The quantitative estimate of drug-likeness (QED) is 0.559. The van der Waals surface area contributed by atoms with Crippen molar-refractivity contribution in [2.45, 2.75) is 0 Å². The van der Waals surface area contributed by atoms with Crippen molar-refractivity contribution in [2.24, 2.45) is 5.73 Å². The number of carbonyl (C=O) groups is 2. The van der Waals surface area contributed by atoms with Gasteiger partial charge in [0.15, 0.2) is 0 Å². The molecule has 1 amide bonds. The summed E-state index contributed by atoms with van der Waals surface area (Å²) in [5, 5.41) is 8.64. The van der Waals surface area contributed by atoms with Gasteiger partial charge >= 0.3 is 5.97 Å². The van der Waals surface area contributed by atoms with E-state index in [4.69, 9.17) is 16.6 Å². The van der Waals surface area contributed by atoms with Gasteiger partial charge in [-0.25, -0.2) is 4.79 Å². The molecule has 0 fully saturated rings. The monoisotopic (exact) mass is 180 g/mol. The molecule has 0 aliphatic carbocycles. The smallest absolute Gasteiger partial charge is 0.337 e. The predicted molar refractivity (Wildman–Crippen MR) is 46.3 cm³/mol. The highest BCUT2D eigenvalue weighted by Gasteiger charge is 2.13. The van der Waals surface area contributed by atoms with E-state index in [0.29, 0.717) is 0 Å². The Bertz CT molecular complexity index is 341. The van der Waals surface area contributed by atoms with Gasteiger partial charge in [0, 0.05) is 0 Å². The molecule has 1 rings (SSSR count). The van der Waals surface area contributed by atoms with Crippen LogP contribution in [0.2, 0.25) is 0 Å². The number of carboxylic acid groups (broad SMARTS) is 1. The number of hydrogen-bond donors (Lipinski definition) is 3. The number of nitrogen functional groups attached to an aromatic ring is 1. The second-order valence-electron chi connectivity index (χ2n) is 2.44. The van der Waals surface area contributed by atoms with Crippen molar-refractivity contribution in [1.29, 1.82) is 0 Å². The van der Waals surface area contributed by atoms with E-state index >= 15 is 0 Å². The van der Waals surface area contributed by atoms with Crippen molar-refractivity contribution in [1.82, 2.24) is 0 Å². The van der Waals surface area contributed by atoms with E-state index < -0.39 is 11.9 Å². The molecular formula is C8H8N2O3. The minimum Gasteiger partial charge on any atom is -0.478 e. The molecule has 1 aromatic carbocycles. The third kappa shape index (κ3) is 1.58. The van der Waals surface area contributed by atoms with Crippen LogP contribution in [0.1, 0.15) is 20.7 Å². The van der Waals surface area contributed by atoms with E-state index in [1.54, 1.807) is 0 Å². The minimum atomic E-state index is -1.18. The fourth-order valence-corrected chi connectivity index (χ4v) is 0.967. The maximum absolute atomic E-state index is 10.7. The molecule has 0 atom stereocenters. The van der Waals surface area contributed by atoms with Crippen LogP contribution in [0.25, 0.3) is 0 Å². The minimum absolute atomic E-state index is 0.0277. The van der Waals surface area contributed by atoms with Crippen molar-refractivity contribution < 1.29 is 14.7 Å². The number of aromatic carboxylic acids is 1. The summed E-state index contributed by atoms with van der Waals surface area (Å²) in [6, 6.07) is 4.11. The molecule has 0 radical (unpaired) electrons. The third-order valence-electron chi connectivity index (χ3n) is 1.60. The molecule has 1 aromatic rings. The molecule has 0 heterocycles. The van der Waals surface area contributed by atoms with Gasteiger partial charge in [-0.3, -0.25) is 4.79 Å². The van der Waals surface area contributed by atoms with Gasteiger partial charge in [0.05, 0.1) is 16.8 Å². The number of para-hydroxylation sites is 1. The molecule has 0 saturated carbocycles. The van der Waals surface area contributed by atoms with Crippen molar-refractivity contribution in [3.63, 3.8) is 0 Å². The largest absolute Gasteiger partial charge is 0.478 e. The molecule has 0 aromatic heterocycles. The molecule has 0 aliphatic rings. The second kappa shape index (κ2) is 3.14. The van der Waals surface area contributed by atoms with Crippen LogP contribution >= 0.6 is 0 Å². The highest BCUT2D eigenvalue weighted by Crippen LogP contribution is 2.16. The van der Waals surface area contributed by atoms with Gasteiger partial charge in [0.25, 0.3) is 5.91 Å². The summed E-state index contributed by atoms with van der Waals surface area (Å²) in [5.74, 6) is -1.92. The normalized spacial score (nSPS) is 9.54. The van der Waals surface area contributed by atoms with E-state index in [-0.39, 0.29) is 16.8 Å². The summed E-state index contributed by atoms with van der Waals surface area (Å²) < 4.78 is 0. The molecule has 13 heavy (non-hydrogen) atoms. The van der Waals surface area contributed by atoms with Crippen molar-refractivity contribution in [3.05, 3.63) is 29.3 Å². The summed E-state index contributed by atoms with van der Waals surface area (Å²) >= 11 is 0. The SMILES string of the molecule is NC(=O)c1cccc(C(=O)O)c1N. The van der Waals surface area contributed by atoms with Gasteiger partial charge < -0.3 is 16.6 Å². The number of primary amides is 1. The average molecular weight is 180 g/mol. The maximum atomic E-state index is 10.7.